The number of carbonyl (C=O) groups excluding carboxylic acids is 1. The first kappa shape index (κ1) is 14.4. The number of pyridine rings is 1. The van der Waals surface area contributed by atoms with Gasteiger partial charge in [-0.05, 0) is 19.1 Å². The maximum absolute atomic E-state index is 11.4. The van der Waals surface area contributed by atoms with Crippen LogP contribution in [0, 0.1) is 0 Å². The zero-order valence-corrected chi connectivity index (χ0v) is 10.5. The van der Waals surface area contributed by atoms with Crippen LogP contribution in [0.1, 0.15) is 17.3 Å². The summed E-state index contributed by atoms with van der Waals surface area (Å²) in [5.41, 5.74) is 0.398. The number of aliphatic hydroxyl groups is 1. The molecule has 0 bridgehead atoms. The van der Waals surface area contributed by atoms with Crippen molar-refractivity contribution in [2.24, 2.45) is 0 Å². The average molecular weight is 254 g/mol. The summed E-state index contributed by atoms with van der Waals surface area (Å²) < 4.78 is 9.79. The van der Waals surface area contributed by atoms with Gasteiger partial charge in [0.05, 0.1) is 31.4 Å². The number of esters is 1. The van der Waals surface area contributed by atoms with Crippen LogP contribution in [0.4, 0.5) is 5.82 Å². The lowest BCUT2D eigenvalue weighted by Gasteiger charge is -2.15. The third kappa shape index (κ3) is 4.31. The second-order valence-electron chi connectivity index (χ2n) is 3.63. The molecule has 1 rings (SSSR count). The van der Waals surface area contributed by atoms with E-state index in [0.717, 1.165) is 0 Å². The molecule has 0 aliphatic carbocycles. The third-order valence-corrected chi connectivity index (χ3v) is 2.21. The number of ether oxygens (including phenoxy) is 2. The Bertz CT molecular complexity index is 367. The van der Waals surface area contributed by atoms with Crippen LogP contribution in [0.5, 0.6) is 0 Å². The maximum atomic E-state index is 11.4. The number of hydrogen-bond acceptors (Lipinski definition) is 6. The first-order valence-electron chi connectivity index (χ1n) is 5.70. The summed E-state index contributed by atoms with van der Waals surface area (Å²) in [5.74, 6) is 0.172. The van der Waals surface area contributed by atoms with Crippen LogP contribution in [-0.4, -0.2) is 49.0 Å². The second-order valence-corrected chi connectivity index (χ2v) is 3.63. The van der Waals surface area contributed by atoms with E-state index in [1.165, 1.54) is 6.20 Å². The summed E-state index contributed by atoms with van der Waals surface area (Å²) in [5, 5.41) is 12.1. The minimum absolute atomic E-state index is 0.0604. The van der Waals surface area contributed by atoms with Gasteiger partial charge in [-0.2, -0.15) is 0 Å². The monoisotopic (exact) mass is 254 g/mol. The summed E-state index contributed by atoms with van der Waals surface area (Å²) in [6, 6.07) is 3.05. The Morgan fingerprint density at radius 3 is 2.83 bits per heavy atom. The molecule has 0 amide bonds. The van der Waals surface area contributed by atoms with Gasteiger partial charge in [-0.25, -0.2) is 9.78 Å². The Kier molecular flexibility index (Phi) is 6.10. The number of nitrogens with zero attached hydrogens (tertiary/aromatic N) is 1. The predicted octanol–water partition coefficient (Wildman–Crippen LogP) is 0.677. The largest absolute Gasteiger partial charge is 0.462 e. The molecular formula is C12H18N2O4. The predicted molar refractivity (Wildman–Crippen MR) is 66.6 cm³/mol. The van der Waals surface area contributed by atoms with Gasteiger partial charge >= 0.3 is 5.97 Å². The lowest BCUT2D eigenvalue weighted by atomic mass is 10.2. The van der Waals surface area contributed by atoms with Crippen molar-refractivity contribution < 1.29 is 19.4 Å². The van der Waals surface area contributed by atoms with Crippen LogP contribution < -0.4 is 5.32 Å². The molecule has 0 spiro atoms. The second kappa shape index (κ2) is 7.62. The molecular weight excluding hydrogens is 236 g/mol. The van der Waals surface area contributed by atoms with E-state index in [1.807, 2.05) is 0 Å². The van der Waals surface area contributed by atoms with E-state index in [2.05, 4.69) is 10.3 Å². The molecule has 0 fully saturated rings. The molecule has 18 heavy (non-hydrogen) atoms. The standard InChI is InChI=1S/C12H18N2O4/c1-3-18-12(16)9-4-5-11(13-6-9)14-10(7-15)8-17-2/h4-6,10,15H,3,7-8H2,1-2H3,(H,13,14). The van der Waals surface area contributed by atoms with Crippen LogP contribution in [-0.2, 0) is 9.47 Å². The highest BCUT2D eigenvalue weighted by Gasteiger charge is 2.09. The highest BCUT2D eigenvalue weighted by atomic mass is 16.5. The van der Waals surface area contributed by atoms with Gasteiger partial charge < -0.3 is 19.9 Å². The molecule has 0 saturated carbocycles. The lowest BCUT2D eigenvalue weighted by Crippen LogP contribution is -2.29. The molecule has 0 aliphatic heterocycles. The number of methoxy groups -OCH3 is 1. The van der Waals surface area contributed by atoms with Crippen LogP contribution >= 0.6 is 0 Å². The van der Waals surface area contributed by atoms with Gasteiger partial charge in [0, 0.05) is 13.3 Å². The van der Waals surface area contributed by atoms with E-state index in [1.54, 1.807) is 26.2 Å². The fraction of sp³-hybridized carbons (Fsp3) is 0.500. The number of nitrogens with one attached hydrogen (secondary N) is 1. The number of carbonyl (C=O) groups is 1. The molecule has 0 saturated heterocycles. The van der Waals surface area contributed by atoms with Crippen molar-refractivity contribution in [3.05, 3.63) is 23.9 Å². The number of rotatable bonds is 7. The van der Waals surface area contributed by atoms with Crippen LogP contribution in [0.2, 0.25) is 0 Å². The fourth-order valence-corrected chi connectivity index (χ4v) is 1.36. The number of hydrogen-bond donors (Lipinski definition) is 2. The molecule has 1 aromatic rings. The van der Waals surface area contributed by atoms with E-state index in [-0.39, 0.29) is 12.6 Å². The van der Waals surface area contributed by atoms with Crippen LogP contribution in [0.25, 0.3) is 0 Å². The van der Waals surface area contributed by atoms with Crippen LogP contribution in [0.15, 0.2) is 18.3 Å². The van der Waals surface area contributed by atoms with Crippen molar-refractivity contribution in [1.82, 2.24) is 4.98 Å². The number of aliphatic hydroxyl groups excluding tert-OH is 1. The zero-order chi connectivity index (χ0) is 13.4. The van der Waals surface area contributed by atoms with E-state index in [4.69, 9.17) is 14.6 Å². The average Bonchev–Trinajstić information content (AvgIpc) is 2.39. The molecule has 2 N–H and O–H groups in total. The van der Waals surface area contributed by atoms with E-state index in [0.29, 0.717) is 24.6 Å². The summed E-state index contributed by atoms with van der Waals surface area (Å²) in [4.78, 5) is 15.5. The van der Waals surface area contributed by atoms with Crippen molar-refractivity contribution in [2.75, 3.05) is 32.2 Å². The zero-order valence-electron chi connectivity index (χ0n) is 10.5. The van der Waals surface area contributed by atoms with Gasteiger partial charge in [0.2, 0.25) is 0 Å². The van der Waals surface area contributed by atoms with Crippen molar-refractivity contribution in [3.8, 4) is 0 Å². The quantitative estimate of drug-likeness (QED) is 0.696. The van der Waals surface area contributed by atoms with Crippen molar-refractivity contribution >= 4 is 11.8 Å². The molecule has 100 valence electrons. The first-order chi connectivity index (χ1) is 8.71. The van der Waals surface area contributed by atoms with E-state index < -0.39 is 5.97 Å². The Balaban J connectivity index is 2.62. The summed E-state index contributed by atoms with van der Waals surface area (Å²) >= 11 is 0. The molecule has 0 radical (unpaired) electrons. The van der Waals surface area contributed by atoms with Crippen LogP contribution in [0.3, 0.4) is 0 Å². The minimum Gasteiger partial charge on any atom is -0.462 e. The number of anilines is 1. The lowest BCUT2D eigenvalue weighted by molar-refractivity contribution is 0.0526. The normalized spacial score (nSPS) is 11.9. The first-order valence-corrected chi connectivity index (χ1v) is 5.70. The molecule has 1 unspecified atom stereocenters. The number of aromatic nitrogens is 1. The highest BCUT2D eigenvalue weighted by molar-refractivity contribution is 5.89. The smallest absolute Gasteiger partial charge is 0.339 e. The van der Waals surface area contributed by atoms with Crippen molar-refractivity contribution in [2.45, 2.75) is 13.0 Å². The molecule has 6 nitrogen and oxygen atoms in total. The summed E-state index contributed by atoms with van der Waals surface area (Å²) in [7, 11) is 1.56. The van der Waals surface area contributed by atoms with Gasteiger partial charge in [0.15, 0.2) is 0 Å². The molecule has 6 heteroatoms. The highest BCUT2D eigenvalue weighted by Crippen LogP contribution is 2.08. The third-order valence-electron chi connectivity index (χ3n) is 2.21. The molecule has 1 heterocycles. The Hall–Kier alpha value is -1.66. The van der Waals surface area contributed by atoms with Gasteiger partial charge in [-0.15, -0.1) is 0 Å². The van der Waals surface area contributed by atoms with Gasteiger partial charge in [0.1, 0.15) is 5.82 Å². The molecule has 1 atom stereocenters. The Labute approximate surface area is 106 Å². The molecule has 1 aromatic heterocycles. The maximum Gasteiger partial charge on any atom is 0.339 e. The fourth-order valence-electron chi connectivity index (χ4n) is 1.36. The van der Waals surface area contributed by atoms with Gasteiger partial charge in [0.25, 0.3) is 0 Å². The van der Waals surface area contributed by atoms with E-state index in [9.17, 15) is 4.79 Å². The summed E-state index contributed by atoms with van der Waals surface area (Å²) in [6.07, 6.45) is 1.43. The van der Waals surface area contributed by atoms with Crippen molar-refractivity contribution in [3.63, 3.8) is 0 Å². The topological polar surface area (TPSA) is 80.7 Å². The Morgan fingerprint density at radius 1 is 1.56 bits per heavy atom. The minimum atomic E-state index is -0.396. The van der Waals surface area contributed by atoms with E-state index >= 15 is 0 Å². The van der Waals surface area contributed by atoms with Gasteiger partial charge in [-0.3, -0.25) is 0 Å². The molecule has 0 aromatic carbocycles. The van der Waals surface area contributed by atoms with Gasteiger partial charge in [-0.1, -0.05) is 0 Å². The summed E-state index contributed by atoms with van der Waals surface area (Å²) in [6.45, 7) is 2.39. The SMILES string of the molecule is CCOC(=O)c1ccc(NC(CO)COC)nc1. The molecule has 0 aliphatic rings. The Morgan fingerprint density at radius 2 is 2.33 bits per heavy atom. The van der Waals surface area contributed by atoms with Crippen molar-refractivity contribution in [1.29, 1.82) is 0 Å².